The zero-order valence-corrected chi connectivity index (χ0v) is 12.5. The van der Waals surface area contributed by atoms with Crippen molar-refractivity contribution in [2.75, 3.05) is 30.8 Å². The van der Waals surface area contributed by atoms with Gasteiger partial charge in [-0.25, -0.2) is 0 Å². The van der Waals surface area contributed by atoms with Gasteiger partial charge in [-0.2, -0.15) is 0 Å². The summed E-state index contributed by atoms with van der Waals surface area (Å²) < 4.78 is 11.1. The fourth-order valence-electron chi connectivity index (χ4n) is 2.99. The van der Waals surface area contributed by atoms with Crippen LogP contribution in [0.3, 0.4) is 0 Å². The van der Waals surface area contributed by atoms with Gasteiger partial charge < -0.3 is 25.6 Å². The van der Waals surface area contributed by atoms with Crippen LogP contribution in [0.25, 0.3) is 0 Å². The molecule has 0 spiro atoms. The third-order valence-electron chi connectivity index (χ3n) is 4.53. The molecule has 2 aliphatic rings. The Morgan fingerprint density at radius 1 is 1.24 bits per heavy atom. The highest BCUT2D eigenvalue weighted by atomic mass is 16.6. The lowest BCUT2D eigenvalue weighted by Crippen LogP contribution is -2.40. The van der Waals surface area contributed by atoms with Gasteiger partial charge >= 0.3 is 0 Å². The van der Waals surface area contributed by atoms with Gasteiger partial charge in [-0.15, -0.1) is 0 Å². The lowest BCUT2D eigenvalue weighted by Gasteiger charge is -2.35. The molecule has 0 aromatic heterocycles. The SMILES string of the molecule is CC1CCC(O)(CNc2cc3c(cc2N)OCCO3)CC1. The number of anilines is 2. The summed E-state index contributed by atoms with van der Waals surface area (Å²) in [5.41, 5.74) is 6.83. The van der Waals surface area contributed by atoms with E-state index < -0.39 is 5.60 Å². The first kappa shape index (κ1) is 14.3. The molecule has 21 heavy (non-hydrogen) atoms. The van der Waals surface area contributed by atoms with E-state index in [1.54, 1.807) is 6.07 Å². The van der Waals surface area contributed by atoms with Crippen molar-refractivity contribution < 1.29 is 14.6 Å². The maximum atomic E-state index is 10.6. The van der Waals surface area contributed by atoms with E-state index in [0.717, 1.165) is 31.4 Å². The Balaban J connectivity index is 1.67. The molecule has 0 unspecified atom stereocenters. The summed E-state index contributed by atoms with van der Waals surface area (Å²) in [6, 6.07) is 3.64. The summed E-state index contributed by atoms with van der Waals surface area (Å²) in [5.74, 6) is 2.11. The van der Waals surface area contributed by atoms with Gasteiger partial charge in [0.05, 0.1) is 17.0 Å². The summed E-state index contributed by atoms with van der Waals surface area (Å²) in [6.45, 7) is 3.87. The molecule has 3 rings (SSSR count). The minimum atomic E-state index is -0.633. The van der Waals surface area contributed by atoms with Crippen molar-refractivity contribution in [3.05, 3.63) is 12.1 Å². The van der Waals surface area contributed by atoms with E-state index in [-0.39, 0.29) is 0 Å². The smallest absolute Gasteiger partial charge is 0.163 e. The van der Waals surface area contributed by atoms with Crippen molar-refractivity contribution in [3.63, 3.8) is 0 Å². The number of nitrogens with one attached hydrogen (secondary N) is 1. The third-order valence-corrected chi connectivity index (χ3v) is 4.53. The number of fused-ring (bicyclic) bond motifs is 1. The van der Waals surface area contributed by atoms with Gasteiger partial charge in [-0.05, 0) is 31.6 Å². The summed E-state index contributed by atoms with van der Waals surface area (Å²) in [7, 11) is 0. The lowest BCUT2D eigenvalue weighted by atomic mass is 9.79. The van der Waals surface area contributed by atoms with Crippen LogP contribution in [0.5, 0.6) is 11.5 Å². The van der Waals surface area contributed by atoms with Crippen molar-refractivity contribution in [2.24, 2.45) is 5.92 Å². The molecular weight excluding hydrogens is 268 g/mol. The molecule has 0 bridgehead atoms. The third kappa shape index (κ3) is 3.18. The summed E-state index contributed by atoms with van der Waals surface area (Å²) >= 11 is 0. The van der Waals surface area contributed by atoms with Crippen LogP contribution < -0.4 is 20.5 Å². The second-order valence-electron chi connectivity index (χ2n) is 6.34. The lowest BCUT2D eigenvalue weighted by molar-refractivity contribution is 0.00502. The molecule has 116 valence electrons. The molecule has 0 amide bonds. The van der Waals surface area contributed by atoms with Crippen LogP contribution in [0.15, 0.2) is 12.1 Å². The van der Waals surface area contributed by atoms with Crippen LogP contribution in [0.4, 0.5) is 11.4 Å². The topological polar surface area (TPSA) is 76.7 Å². The molecule has 1 aliphatic heterocycles. The van der Waals surface area contributed by atoms with E-state index >= 15 is 0 Å². The summed E-state index contributed by atoms with van der Waals surface area (Å²) in [4.78, 5) is 0. The first-order valence-electron chi connectivity index (χ1n) is 7.71. The number of benzene rings is 1. The highest BCUT2D eigenvalue weighted by Gasteiger charge is 2.31. The van der Waals surface area contributed by atoms with Crippen LogP contribution in [-0.2, 0) is 0 Å². The Labute approximate surface area is 125 Å². The molecule has 0 atom stereocenters. The largest absolute Gasteiger partial charge is 0.486 e. The second kappa shape index (κ2) is 5.64. The number of nitrogens with two attached hydrogens (primary N) is 1. The van der Waals surface area contributed by atoms with Gasteiger partial charge in [-0.3, -0.25) is 0 Å². The number of hydrogen-bond acceptors (Lipinski definition) is 5. The van der Waals surface area contributed by atoms with Gasteiger partial charge in [0.25, 0.3) is 0 Å². The number of ether oxygens (including phenoxy) is 2. The predicted molar refractivity (Wildman–Crippen MR) is 82.9 cm³/mol. The maximum absolute atomic E-state index is 10.6. The number of aliphatic hydroxyl groups is 1. The van der Waals surface area contributed by atoms with E-state index in [9.17, 15) is 5.11 Å². The molecule has 0 radical (unpaired) electrons. The molecule has 5 nitrogen and oxygen atoms in total. The van der Waals surface area contributed by atoms with Gasteiger partial charge in [0, 0.05) is 18.7 Å². The Bertz CT molecular complexity index is 510. The Hall–Kier alpha value is -1.62. The zero-order valence-electron chi connectivity index (χ0n) is 12.5. The van der Waals surface area contributed by atoms with Crippen LogP contribution in [0, 0.1) is 5.92 Å². The number of nitrogen functional groups attached to an aromatic ring is 1. The zero-order chi connectivity index (χ0) is 14.9. The molecule has 0 saturated heterocycles. The number of rotatable bonds is 3. The molecular formula is C16H24N2O3. The highest BCUT2D eigenvalue weighted by molar-refractivity contribution is 5.72. The molecule has 1 fully saturated rings. The predicted octanol–water partition coefficient (Wildman–Crippen LogP) is 2.39. The van der Waals surface area contributed by atoms with Crippen LogP contribution in [0.1, 0.15) is 32.6 Å². The monoisotopic (exact) mass is 292 g/mol. The fourth-order valence-corrected chi connectivity index (χ4v) is 2.99. The summed E-state index contributed by atoms with van der Waals surface area (Å²) in [6.07, 6.45) is 3.83. The van der Waals surface area contributed by atoms with Gasteiger partial charge in [0.15, 0.2) is 11.5 Å². The van der Waals surface area contributed by atoms with Gasteiger partial charge in [0.2, 0.25) is 0 Å². The Morgan fingerprint density at radius 3 is 2.52 bits per heavy atom. The van der Waals surface area contributed by atoms with Crippen molar-refractivity contribution in [2.45, 2.75) is 38.2 Å². The quantitative estimate of drug-likeness (QED) is 0.746. The molecule has 5 heteroatoms. The van der Waals surface area contributed by atoms with Gasteiger partial charge in [-0.1, -0.05) is 6.92 Å². The fraction of sp³-hybridized carbons (Fsp3) is 0.625. The minimum Gasteiger partial charge on any atom is -0.486 e. The van der Waals surface area contributed by atoms with Crippen LogP contribution in [0.2, 0.25) is 0 Å². The molecule has 1 aromatic carbocycles. The molecule has 4 N–H and O–H groups in total. The highest BCUT2D eigenvalue weighted by Crippen LogP contribution is 2.38. The maximum Gasteiger partial charge on any atom is 0.163 e. The van der Waals surface area contributed by atoms with Crippen LogP contribution in [-0.4, -0.2) is 30.5 Å². The van der Waals surface area contributed by atoms with Crippen LogP contribution >= 0.6 is 0 Å². The number of hydrogen-bond donors (Lipinski definition) is 3. The summed E-state index contributed by atoms with van der Waals surface area (Å²) in [5, 5.41) is 13.9. The van der Waals surface area contributed by atoms with E-state index in [4.69, 9.17) is 15.2 Å². The van der Waals surface area contributed by atoms with E-state index in [1.807, 2.05) is 6.07 Å². The van der Waals surface area contributed by atoms with E-state index in [2.05, 4.69) is 12.2 Å². The normalized spacial score (nSPS) is 28.2. The van der Waals surface area contributed by atoms with Crippen molar-refractivity contribution in [1.29, 1.82) is 0 Å². The molecule has 1 heterocycles. The average molecular weight is 292 g/mol. The standard InChI is InChI=1S/C16H24N2O3/c1-11-2-4-16(19,5-3-11)10-18-13-9-15-14(8-12(13)17)20-6-7-21-15/h8-9,11,18-19H,2-7,10,17H2,1H3. The van der Waals surface area contributed by atoms with Gasteiger partial charge in [0.1, 0.15) is 13.2 Å². The minimum absolute atomic E-state index is 0.517. The molecule has 1 saturated carbocycles. The second-order valence-corrected chi connectivity index (χ2v) is 6.34. The van der Waals surface area contributed by atoms with Crippen molar-refractivity contribution >= 4 is 11.4 Å². The first-order chi connectivity index (χ1) is 10.1. The Kier molecular flexibility index (Phi) is 3.85. The molecule has 1 aromatic rings. The Morgan fingerprint density at radius 2 is 1.86 bits per heavy atom. The first-order valence-corrected chi connectivity index (χ1v) is 7.71. The molecule has 1 aliphatic carbocycles. The average Bonchev–Trinajstić information content (AvgIpc) is 2.49. The van der Waals surface area contributed by atoms with E-state index in [1.165, 1.54) is 0 Å². The van der Waals surface area contributed by atoms with Crippen molar-refractivity contribution in [3.8, 4) is 11.5 Å². The van der Waals surface area contributed by atoms with E-state index in [0.29, 0.717) is 42.9 Å². The van der Waals surface area contributed by atoms with Crippen molar-refractivity contribution in [1.82, 2.24) is 0 Å².